The van der Waals surface area contributed by atoms with Crippen LogP contribution in [0.1, 0.15) is 58.3 Å². The Morgan fingerprint density at radius 1 is 1.57 bits per heavy atom. The van der Waals surface area contributed by atoms with Gasteiger partial charge in [0.25, 0.3) is 0 Å². The van der Waals surface area contributed by atoms with Gasteiger partial charge in [-0.3, -0.25) is 4.90 Å². The molecular weight excluding hydrogens is 266 g/mol. The van der Waals surface area contributed by atoms with Gasteiger partial charge in [0.15, 0.2) is 0 Å². The normalized spacial score (nSPS) is 20.4. The van der Waals surface area contributed by atoms with Crippen molar-refractivity contribution in [2.45, 2.75) is 58.2 Å². The van der Waals surface area contributed by atoms with E-state index in [-0.39, 0.29) is 18.2 Å². The Morgan fingerprint density at radius 2 is 2.29 bits per heavy atom. The highest BCUT2D eigenvalue weighted by molar-refractivity contribution is 5.69. The minimum absolute atomic E-state index is 0.0322. The predicted octanol–water partition coefficient (Wildman–Crippen LogP) is 3.70. The fourth-order valence-corrected chi connectivity index (χ4v) is 2.64. The molecule has 0 spiro atoms. The van der Waals surface area contributed by atoms with Gasteiger partial charge in [-0.05, 0) is 40.5 Å². The summed E-state index contributed by atoms with van der Waals surface area (Å²) in [4.78, 5) is 18.4. The summed E-state index contributed by atoms with van der Waals surface area (Å²) in [6.45, 7) is 12.3. The number of carbonyl (C=O) groups excluding carboxylic acids is 1. The molecule has 1 aromatic rings. The van der Waals surface area contributed by atoms with E-state index >= 15 is 0 Å². The Kier molecular flexibility index (Phi) is 4.40. The van der Waals surface area contributed by atoms with E-state index in [2.05, 4.69) is 23.1 Å². The van der Waals surface area contributed by atoms with Crippen molar-refractivity contribution < 1.29 is 9.53 Å². The van der Waals surface area contributed by atoms with Gasteiger partial charge < -0.3 is 9.30 Å². The molecule has 116 valence electrons. The van der Waals surface area contributed by atoms with Crippen LogP contribution in [0.3, 0.4) is 0 Å². The molecular formula is C16H25N3O2. The molecule has 1 aliphatic rings. The van der Waals surface area contributed by atoms with Gasteiger partial charge in [-0.1, -0.05) is 6.08 Å². The summed E-state index contributed by atoms with van der Waals surface area (Å²) in [5.74, 6) is 0. The first kappa shape index (κ1) is 15.6. The van der Waals surface area contributed by atoms with Crippen LogP contribution in [0, 0.1) is 0 Å². The van der Waals surface area contributed by atoms with Crippen molar-refractivity contribution >= 4 is 6.09 Å². The Labute approximate surface area is 126 Å². The lowest BCUT2D eigenvalue weighted by Crippen LogP contribution is -2.37. The third-order valence-electron chi connectivity index (χ3n) is 3.70. The van der Waals surface area contributed by atoms with Crippen LogP contribution in [-0.2, 0) is 4.74 Å². The van der Waals surface area contributed by atoms with Crippen LogP contribution < -0.4 is 0 Å². The van der Waals surface area contributed by atoms with Crippen molar-refractivity contribution in [3.8, 4) is 0 Å². The number of carbonyl (C=O) groups is 1. The maximum absolute atomic E-state index is 12.4. The predicted molar refractivity (Wildman–Crippen MR) is 82.1 cm³/mol. The van der Waals surface area contributed by atoms with Crippen LogP contribution in [-0.4, -0.2) is 32.7 Å². The van der Waals surface area contributed by atoms with Gasteiger partial charge in [0.2, 0.25) is 0 Å². The maximum Gasteiger partial charge on any atom is 0.410 e. The minimum atomic E-state index is -0.473. The van der Waals surface area contributed by atoms with E-state index in [9.17, 15) is 4.79 Å². The fourth-order valence-electron chi connectivity index (χ4n) is 2.64. The number of imidazole rings is 1. The molecule has 2 rings (SSSR count). The Bertz CT molecular complexity index is 516. The van der Waals surface area contributed by atoms with Crippen molar-refractivity contribution in [2.24, 2.45) is 0 Å². The van der Waals surface area contributed by atoms with Crippen molar-refractivity contribution in [3.05, 3.63) is 30.9 Å². The summed E-state index contributed by atoms with van der Waals surface area (Å²) in [6, 6.07) is 0.188. The van der Waals surface area contributed by atoms with E-state index in [1.807, 2.05) is 37.9 Å². The maximum atomic E-state index is 12.4. The first-order valence-corrected chi connectivity index (χ1v) is 7.47. The van der Waals surface area contributed by atoms with Gasteiger partial charge in [0.05, 0.1) is 24.3 Å². The molecule has 5 heteroatoms. The number of hydrogen-bond donors (Lipinski definition) is 0. The molecule has 1 aliphatic heterocycles. The van der Waals surface area contributed by atoms with Gasteiger partial charge >= 0.3 is 6.09 Å². The number of allylic oxidation sites excluding steroid dienone is 1. The van der Waals surface area contributed by atoms with Gasteiger partial charge in [-0.2, -0.15) is 0 Å². The highest BCUT2D eigenvalue weighted by Crippen LogP contribution is 2.34. The van der Waals surface area contributed by atoms with Crippen LogP contribution in [0.2, 0.25) is 0 Å². The molecule has 1 unspecified atom stereocenters. The van der Waals surface area contributed by atoms with E-state index in [0.717, 1.165) is 25.1 Å². The van der Waals surface area contributed by atoms with Crippen LogP contribution in [0.25, 0.3) is 0 Å². The lowest BCUT2D eigenvalue weighted by Gasteiger charge is -2.29. The second kappa shape index (κ2) is 5.92. The number of nitrogens with zero attached hydrogens (tertiary/aromatic N) is 3. The first-order valence-electron chi connectivity index (χ1n) is 7.47. The van der Waals surface area contributed by atoms with E-state index < -0.39 is 5.60 Å². The standard InChI is InChI=1S/C16H25N3O2/c1-6-12(2)19-11-17-10-14(19)13-8-7-9-18(13)15(20)21-16(3,4)5/h6,10-13H,1,7-9H2,2-5H3/t12?,13-/m0/s1. The second-order valence-corrected chi connectivity index (χ2v) is 6.53. The molecule has 1 saturated heterocycles. The number of aromatic nitrogens is 2. The molecule has 0 aromatic carbocycles. The highest BCUT2D eigenvalue weighted by atomic mass is 16.6. The van der Waals surface area contributed by atoms with Gasteiger partial charge in [0, 0.05) is 12.6 Å². The third-order valence-corrected chi connectivity index (χ3v) is 3.70. The molecule has 0 N–H and O–H groups in total. The van der Waals surface area contributed by atoms with Crippen molar-refractivity contribution in [1.82, 2.24) is 14.5 Å². The molecule has 21 heavy (non-hydrogen) atoms. The van der Waals surface area contributed by atoms with Crippen LogP contribution >= 0.6 is 0 Å². The van der Waals surface area contributed by atoms with E-state index in [0.29, 0.717) is 0 Å². The largest absolute Gasteiger partial charge is 0.444 e. The average Bonchev–Trinajstić information content (AvgIpc) is 3.03. The molecule has 5 nitrogen and oxygen atoms in total. The fraction of sp³-hybridized carbons (Fsp3) is 0.625. The summed E-state index contributed by atoms with van der Waals surface area (Å²) >= 11 is 0. The third kappa shape index (κ3) is 3.46. The zero-order valence-electron chi connectivity index (χ0n) is 13.4. The van der Waals surface area contributed by atoms with Crippen LogP contribution in [0.5, 0.6) is 0 Å². The zero-order chi connectivity index (χ0) is 15.6. The Hall–Kier alpha value is -1.78. The summed E-state index contributed by atoms with van der Waals surface area (Å²) in [5, 5.41) is 0. The molecule has 0 saturated carbocycles. The molecule has 0 radical (unpaired) electrons. The average molecular weight is 291 g/mol. The lowest BCUT2D eigenvalue weighted by molar-refractivity contribution is 0.0218. The van der Waals surface area contributed by atoms with Crippen molar-refractivity contribution in [3.63, 3.8) is 0 Å². The van der Waals surface area contributed by atoms with E-state index in [1.165, 1.54) is 0 Å². The number of hydrogen-bond acceptors (Lipinski definition) is 3. The Morgan fingerprint density at radius 3 is 2.90 bits per heavy atom. The van der Waals surface area contributed by atoms with Gasteiger partial charge in [-0.15, -0.1) is 6.58 Å². The van der Waals surface area contributed by atoms with Gasteiger partial charge in [0.1, 0.15) is 5.60 Å². The molecule has 1 amide bonds. The second-order valence-electron chi connectivity index (χ2n) is 6.53. The molecule has 1 aromatic heterocycles. The number of rotatable bonds is 3. The van der Waals surface area contributed by atoms with Crippen LogP contribution in [0.4, 0.5) is 4.79 Å². The molecule has 1 fully saturated rings. The first-order chi connectivity index (χ1) is 9.83. The minimum Gasteiger partial charge on any atom is -0.444 e. The van der Waals surface area contributed by atoms with Crippen LogP contribution in [0.15, 0.2) is 25.2 Å². The summed E-state index contributed by atoms with van der Waals surface area (Å²) < 4.78 is 7.58. The topological polar surface area (TPSA) is 47.4 Å². The number of likely N-dealkylation sites (tertiary alicyclic amines) is 1. The summed E-state index contributed by atoms with van der Waals surface area (Å²) in [7, 11) is 0. The SMILES string of the molecule is C=CC(C)n1cncc1[C@@H]1CCCN1C(=O)OC(C)(C)C. The molecule has 2 heterocycles. The monoisotopic (exact) mass is 291 g/mol. The number of amides is 1. The molecule has 2 atom stereocenters. The zero-order valence-corrected chi connectivity index (χ0v) is 13.4. The van der Waals surface area contributed by atoms with E-state index in [4.69, 9.17) is 4.74 Å². The quantitative estimate of drug-likeness (QED) is 0.798. The smallest absolute Gasteiger partial charge is 0.410 e. The van der Waals surface area contributed by atoms with E-state index in [1.54, 1.807) is 6.33 Å². The Balaban J connectivity index is 2.21. The molecule has 0 bridgehead atoms. The summed E-state index contributed by atoms with van der Waals surface area (Å²) in [5.41, 5.74) is 0.574. The highest BCUT2D eigenvalue weighted by Gasteiger charge is 2.35. The lowest BCUT2D eigenvalue weighted by atomic mass is 10.1. The van der Waals surface area contributed by atoms with Crippen molar-refractivity contribution in [2.75, 3.05) is 6.54 Å². The van der Waals surface area contributed by atoms with Gasteiger partial charge in [-0.25, -0.2) is 9.78 Å². The molecule has 0 aliphatic carbocycles. The number of ether oxygens (including phenoxy) is 1. The van der Waals surface area contributed by atoms with Crippen molar-refractivity contribution in [1.29, 1.82) is 0 Å². The summed E-state index contributed by atoms with van der Waals surface area (Å²) in [6.07, 6.45) is 7.19.